The Balaban J connectivity index is 2.03. The van der Waals surface area contributed by atoms with Gasteiger partial charge in [-0.25, -0.2) is 0 Å². The van der Waals surface area contributed by atoms with Gasteiger partial charge in [0.25, 0.3) is 0 Å². The zero-order valence-corrected chi connectivity index (χ0v) is 10.2. The molecule has 4 unspecified atom stereocenters. The van der Waals surface area contributed by atoms with Crippen molar-refractivity contribution in [2.24, 2.45) is 11.8 Å². The average Bonchev–Trinajstić information content (AvgIpc) is 2.58. The molecule has 0 spiro atoms. The number of likely N-dealkylation sites (tertiary alicyclic amines) is 1. The number of Topliss-reactive ketones (excluding diaryl/α,β-unsaturated/α-hetero) is 1. The number of rotatable bonds is 1. The summed E-state index contributed by atoms with van der Waals surface area (Å²) in [4.78, 5) is 13.9. The van der Waals surface area contributed by atoms with E-state index in [2.05, 4.69) is 25.7 Å². The van der Waals surface area contributed by atoms with Crippen molar-refractivity contribution < 1.29 is 4.79 Å². The molecule has 1 saturated carbocycles. The third-order valence-corrected chi connectivity index (χ3v) is 4.33. The third-order valence-electron chi connectivity index (χ3n) is 4.33. The standard InChI is InChI=1S/C13H23NO/c1-9-6-10(2)11(3)14(8-9)12-4-5-13(15)7-12/h9-12H,4-8H2,1-3H3. The van der Waals surface area contributed by atoms with Crippen LogP contribution in [0.3, 0.4) is 0 Å². The van der Waals surface area contributed by atoms with Crippen LogP contribution in [-0.4, -0.2) is 29.3 Å². The van der Waals surface area contributed by atoms with Crippen molar-refractivity contribution in [3.05, 3.63) is 0 Å². The van der Waals surface area contributed by atoms with Crippen LogP contribution in [0.1, 0.15) is 46.5 Å². The van der Waals surface area contributed by atoms with E-state index in [1.807, 2.05) is 0 Å². The van der Waals surface area contributed by atoms with Gasteiger partial charge >= 0.3 is 0 Å². The maximum Gasteiger partial charge on any atom is 0.134 e. The lowest BCUT2D eigenvalue weighted by Crippen LogP contribution is -2.50. The van der Waals surface area contributed by atoms with Gasteiger partial charge < -0.3 is 0 Å². The Labute approximate surface area is 93.0 Å². The molecule has 86 valence electrons. The second-order valence-electron chi connectivity index (χ2n) is 5.69. The molecule has 2 aliphatic rings. The van der Waals surface area contributed by atoms with Gasteiger partial charge in [-0.05, 0) is 31.6 Å². The van der Waals surface area contributed by atoms with Crippen LogP contribution in [0.25, 0.3) is 0 Å². The Morgan fingerprint density at radius 1 is 1.27 bits per heavy atom. The summed E-state index contributed by atoms with van der Waals surface area (Å²) < 4.78 is 0. The molecule has 0 radical (unpaired) electrons. The van der Waals surface area contributed by atoms with Crippen LogP contribution < -0.4 is 0 Å². The number of piperidine rings is 1. The Morgan fingerprint density at radius 3 is 2.60 bits per heavy atom. The summed E-state index contributed by atoms with van der Waals surface area (Å²) in [6.07, 6.45) is 4.07. The second-order valence-corrected chi connectivity index (χ2v) is 5.69. The van der Waals surface area contributed by atoms with Gasteiger partial charge in [-0.2, -0.15) is 0 Å². The Kier molecular flexibility index (Phi) is 3.15. The lowest BCUT2D eigenvalue weighted by Gasteiger charge is -2.44. The minimum Gasteiger partial charge on any atom is -0.300 e. The van der Waals surface area contributed by atoms with E-state index in [1.165, 1.54) is 13.0 Å². The van der Waals surface area contributed by atoms with E-state index in [1.54, 1.807) is 0 Å². The smallest absolute Gasteiger partial charge is 0.134 e. The largest absolute Gasteiger partial charge is 0.300 e. The Morgan fingerprint density at radius 2 is 2.00 bits per heavy atom. The number of hydrogen-bond donors (Lipinski definition) is 0. The predicted molar refractivity (Wildman–Crippen MR) is 61.8 cm³/mol. The monoisotopic (exact) mass is 209 g/mol. The molecule has 2 fully saturated rings. The van der Waals surface area contributed by atoms with Crippen molar-refractivity contribution in [1.82, 2.24) is 4.90 Å². The highest BCUT2D eigenvalue weighted by molar-refractivity contribution is 5.81. The number of carbonyl (C=O) groups is 1. The molecule has 0 aromatic heterocycles. The van der Waals surface area contributed by atoms with Crippen LogP contribution in [-0.2, 0) is 4.79 Å². The molecule has 1 saturated heterocycles. The summed E-state index contributed by atoms with van der Waals surface area (Å²) >= 11 is 0. The van der Waals surface area contributed by atoms with E-state index >= 15 is 0 Å². The lowest BCUT2D eigenvalue weighted by atomic mass is 9.85. The van der Waals surface area contributed by atoms with Crippen LogP contribution >= 0.6 is 0 Å². The molecule has 0 aromatic rings. The molecule has 0 aromatic carbocycles. The number of hydrogen-bond acceptors (Lipinski definition) is 2. The molecule has 4 atom stereocenters. The first kappa shape index (κ1) is 11.1. The van der Waals surface area contributed by atoms with E-state index < -0.39 is 0 Å². The number of carbonyl (C=O) groups excluding carboxylic acids is 1. The first-order chi connectivity index (χ1) is 7.08. The van der Waals surface area contributed by atoms with Gasteiger partial charge in [-0.3, -0.25) is 9.69 Å². The van der Waals surface area contributed by atoms with E-state index in [9.17, 15) is 4.79 Å². The fraction of sp³-hybridized carbons (Fsp3) is 0.923. The van der Waals surface area contributed by atoms with Crippen molar-refractivity contribution in [3.63, 3.8) is 0 Å². The van der Waals surface area contributed by atoms with Crippen LogP contribution in [0, 0.1) is 11.8 Å². The first-order valence-corrected chi connectivity index (χ1v) is 6.35. The molecular formula is C13H23NO. The van der Waals surface area contributed by atoms with Crippen molar-refractivity contribution in [2.75, 3.05) is 6.54 Å². The van der Waals surface area contributed by atoms with Gasteiger partial charge in [0.2, 0.25) is 0 Å². The van der Waals surface area contributed by atoms with Gasteiger partial charge in [-0.1, -0.05) is 13.8 Å². The minimum atomic E-state index is 0.470. The molecule has 2 rings (SSSR count). The summed E-state index contributed by atoms with van der Waals surface area (Å²) in [5, 5.41) is 0. The first-order valence-electron chi connectivity index (χ1n) is 6.35. The minimum absolute atomic E-state index is 0.470. The summed E-state index contributed by atoms with van der Waals surface area (Å²) in [5.41, 5.74) is 0. The predicted octanol–water partition coefficient (Wildman–Crippen LogP) is 2.47. The van der Waals surface area contributed by atoms with E-state index in [0.29, 0.717) is 17.9 Å². The third kappa shape index (κ3) is 2.25. The van der Waals surface area contributed by atoms with Gasteiger partial charge in [0.15, 0.2) is 0 Å². The molecule has 1 aliphatic carbocycles. The average molecular weight is 209 g/mol. The molecule has 15 heavy (non-hydrogen) atoms. The Hall–Kier alpha value is -0.370. The van der Waals surface area contributed by atoms with Crippen LogP contribution in [0.5, 0.6) is 0 Å². The van der Waals surface area contributed by atoms with Crippen molar-refractivity contribution in [1.29, 1.82) is 0 Å². The molecule has 0 N–H and O–H groups in total. The molecule has 1 aliphatic heterocycles. The Bertz CT molecular complexity index is 251. The highest BCUT2D eigenvalue weighted by Crippen LogP contribution is 2.32. The topological polar surface area (TPSA) is 20.3 Å². The van der Waals surface area contributed by atoms with Crippen LogP contribution in [0.2, 0.25) is 0 Å². The molecular weight excluding hydrogens is 186 g/mol. The molecule has 0 amide bonds. The molecule has 2 nitrogen and oxygen atoms in total. The summed E-state index contributed by atoms with van der Waals surface area (Å²) in [7, 11) is 0. The quantitative estimate of drug-likeness (QED) is 0.661. The highest BCUT2D eigenvalue weighted by Gasteiger charge is 2.36. The van der Waals surface area contributed by atoms with Crippen molar-refractivity contribution >= 4 is 5.78 Å². The van der Waals surface area contributed by atoms with Crippen LogP contribution in [0.4, 0.5) is 0 Å². The van der Waals surface area contributed by atoms with Crippen molar-refractivity contribution in [3.8, 4) is 0 Å². The van der Waals surface area contributed by atoms with E-state index in [-0.39, 0.29) is 0 Å². The lowest BCUT2D eigenvalue weighted by molar-refractivity contribution is -0.117. The van der Waals surface area contributed by atoms with Gasteiger partial charge in [0.05, 0.1) is 0 Å². The SMILES string of the molecule is CC1CC(C)C(C)N(C2CCC(=O)C2)C1. The number of nitrogens with zero attached hydrogens (tertiary/aromatic N) is 1. The molecule has 1 heterocycles. The maximum atomic E-state index is 11.3. The maximum absolute atomic E-state index is 11.3. The van der Waals surface area contributed by atoms with Crippen LogP contribution in [0.15, 0.2) is 0 Å². The summed E-state index contributed by atoms with van der Waals surface area (Å²) in [5.74, 6) is 2.05. The zero-order chi connectivity index (χ0) is 11.0. The molecule has 0 bridgehead atoms. The second kappa shape index (κ2) is 4.25. The van der Waals surface area contributed by atoms with Crippen molar-refractivity contribution in [2.45, 2.75) is 58.5 Å². The summed E-state index contributed by atoms with van der Waals surface area (Å²) in [6.45, 7) is 8.22. The van der Waals surface area contributed by atoms with Gasteiger partial charge in [-0.15, -0.1) is 0 Å². The van der Waals surface area contributed by atoms with E-state index in [0.717, 1.165) is 31.1 Å². The fourth-order valence-corrected chi connectivity index (χ4v) is 3.32. The van der Waals surface area contributed by atoms with Gasteiger partial charge in [0.1, 0.15) is 5.78 Å². The van der Waals surface area contributed by atoms with E-state index in [4.69, 9.17) is 0 Å². The zero-order valence-electron chi connectivity index (χ0n) is 10.2. The molecule has 2 heteroatoms. The van der Waals surface area contributed by atoms with Gasteiger partial charge in [0, 0.05) is 31.5 Å². The highest BCUT2D eigenvalue weighted by atomic mass is 16.1. The normalized spacial score (nSPS) is 43.5. The summed E-state index contributed by atoms with van der Waals surface area (Å²) in [6, 6.07) is 1.22. The number of ketones is 1. The fourth-order valence-electron chi connectivity index (χ4n) is 3.32.